The minimum atomic E-state index is -1.07. The molecule has 1 aromatic carbocycles. The lowest BCUT2D eigenvalue weighted by Gasteiger charge is -2.37. The van der Waals surface area contributed by atoms with Crippen LogP contribution in [-0.4, -0.2) is 26.0 Å². The second-order valence-electron chi connectivity index (χ2n) is 6.79. The zero-order valence-electron chi connectivity index (χ0n) is 14.5. The molecule has 0 saturated carbocycles. The van der Waals surface area contributed by atoms with Gasteiger partial charge in [0.25, 0.3) is 0 Å². The van der Waals surface area contributed by atoms with Crippen LogP contribution in [0.2, 0.25) is 0 Å². The average Bonchev–Trinajstić information content (AvgIpc) is 3.32. The molecule has 1 aliphatic heterocycles. The fourth-order valence-corrected chi connectivity index (χ4v) is 5.26. The maximum absolute atomic E-state index is 12.5. The second kappa shape index (κ2) is 6.57. The van der Waals surface area contributed by atoms with Crippen molar-refractivity contribution in [2.24, 2.45) is 0 Å². The summed E-state index contributed by atoms with van der Waals surface area (Å²) in [5, 5.41) is 17.3. The lowest BCUT2D eigenvalue weighted by Crippen LogP contribution is -2.56. The average molecular weight is 386 g/mol. The zero-order chi connectivity index (χ0) is 18.3. The number of hydrogen-bond acceptors (Lipinski definition) is 5. The van der Waals surface area contributed by atoms with Crippen molar-refractivity contribution in [1.82, 2.24) is 10.5 Å². The number of amidine groups is 1. The van der Waals surface area contributed by atoms with Crippen LogP contribution in [0.4, 0.5) is 0 Å². The van der Waals surface area contributed by atoms with Gasteiger partial charge in [0.05, 0.1) is 6.20 Å². The lowest BCUT2D eigenvalue weighted by atomic mass is 10.0. The van der Waals surface area contributed by atoms with Gasteiger partial charge in [-0.05, 0) is 53.7 Å². The van der Waals surface area contributed by atoms with Gasteiger partial charge in [-0.1, -0.05) is 23.4 Å². The van der Waals surface area contributed by atoms with E-state index in [1.807, 2.05) is 32.0 Å². The molecule has 0 bridgehead atoms. The standard InChI is InChI=1S/C19H19N3O2S2/c1-19(2)18(20)22-15(11-26(19)23)17-9-14(10-25-17)12-4-3-5-13(8-12)16-6-7-21-24-16/h3-10,15H,11H2,1-2H3,(H2,20,22). The first-order valence-corrected chi connectivity index (χ1v) is 10.5. The Bertz CT molecular complexity index is 934. The van der Waals surface area contributed by atoms with Crippen molar-refractivity contribution >= 4 is 28.3 Å². The quantitative estimate of drug-likeness (QED) is 0.661. The number of benzene rings is 1. The predicted octanol–water partition coefficient (Wildman–Crippen LogP) is 4.22. The van der Waals surface area contributed by atoms with Crippen LogP contribution in [0.3, 0.4) is 0 Å². The first-order chi connectivity index (χ1) is 12.4. The number of nitrogens with one attached hydrogen (secondary N) is 2. The Morgan fingerprint density at radius 1 is 1.27 bits per heavy atom. The van der Waals surface area contributed by atoms with Crippen LogP contribution in [0.1, 0.15) is 24.8 Å². The van der Waals surface area contributed by atoms with E-state index in [-0.39, 0.29) is 6.04 Å². The fraction of sp³-hybridized carbons (Fsp3) is 0.263. The number of nitrogens with zero attached hydrogens (tertiary/aromatic N) is 1. The van der Waals surface area contributed by atoms with E-state index < -0.39 is 15.9 Å². The van der Waals surface area contributed by atoms with Gasteiger partial charge in [-0.15, -0.1) is 11.3 Å². The molecule has 26 heavy (non-hydrogen) atoms. The number of thiophene rings is 1. The number of rotatable bonds is 3. The third kappa shape index (κ3) is 3.06. The molecule has 1 saturated heterocycles. The summed E-state index contributed by atoms with van der Waals surface area (Å²) < 4.78 is 17.1. The molecule has 134 valence electrons. The minimum absolute atomic E-state index is 0.0763. The van der Waals surface area contributed by atoms with Crippen LogP contribution in [0, 0.1) is 5.41 Å². The van der Waals surface area contributed by atoms with E-state index >= 15 is 0 Å². The molecule has 3 heterocycles. The fourth-order valence-electron chi connectivity index (χ4n) is 2.92. The highest BCUT2D eigenvalue weighted by atomic mass is 32.2. The number of hydrogen-bond donors (Lipinski definition) is 2. The minimum Gasteiger partial charge on any atom is -0.616 e. The Morgan fingerprint density at radius 3 is 2.81 bits per heavy atom. The molecule has 4 rings (SSSR count). The molecule has 1 fully saturated rings. The van der Waals surface area contributed by atoms with Crippen molar-refractivity contribution < 1.29 is 9.08 Å². The van der Waals surface area contributed by atoms with Gasteiger partial charge in [0.2, 0.25) is 0 Å². The Balaban J connectivity index is 1.59. The Morgan fingerprint density at radius 2 is 2.08 bits per heavy atom. The highest BCUT2D eigenvalue weighted by Crippen LogP contribution is 2.35. The summed E-state index contributed by atoms with van der Waals surface area (Å²) in [7, 11) is 0. The summed E-state index contributed by atoms with van der Waals surface area (Å²) in [4.78, 5) is 1.10. The molecule has 0 spiro atoms. The van der Waals surface area contributed by atoms with E-state index in [9.17, 15) is 4.55 Å². The summed E-state index contributed by atoms with van der Waals surface area (Å²) in [5.41, 5.74) is 3.18. The summed E-state index contributed by atoms with van der Waals surface area (Å²) in [6.45, 7) is 3.70. The van der Waals surface area contributed by atoms with E-state index in [2.05, 4.69) is 34.1 Å². The Kier molecular flexibility index (Phi) is 4.38. The molecule has 2 N–H and O–H groups in total. The highest BCUT2D eigenvalue weighted by Gasteiger charge is 2.44. The molecule has 2 atom stereocenters. The van der Waals surface area contributed by atoms with Gasteiger partial charge in [0.15, 0.2) is 16.3 Å². The molecule has 3 aromatic rings. The van der Waals surface area contributed by atoms with Crippen LogP contribution in [-0.2, 0) is 11.2 Å². The third-order valence-corrected chi connectivity index (χ3v) is 7.71. The van der Waals surface area contributed by atoms with Gasteiger partial charge in [0, 0.05) is 16.5 Å². The van der Waals surface area contributed by atoms with Gasteiger partial charge < -0.3 is 14.4 Å². The molecule has 1 aliphatic rings. The van der Waals surface area contributed by atoms with Crippen molar-refractivity contribution in [3.05, 3.63) is 52.9 Å². The molecule has 0 amide bonds. The summed E-state index contributed by atoms with van der Waals surface area (Å²) in [6, 6.07) is 12.0. The summed E-state index contributed by atoms with van der Waals surface area (Å²) in [6.07, 6.45) is 1.63. The predicted molar refractivity (Wildman–Crippen MR) is 106 cm³/mol. The molecule has 5 nitrogen and oxygen atoms in total. The van der Waals surface area contributed by atoms with Gasteiger partial charge in [0.1, 0.15) is 11.8 Å². The van der Waals surface area contributed by atoms with E-state index in [0.717, 1.165) is 27.3 Å². The summed E-state index contributed by atoms with van der Waals surface area (Å²) in [5.74, 6) is 1.60. The van der Waals surface area contributed by atoms with Crippen LogP contribution in [0.25, 0.3) is 22.5 Å². The third-order valence-electron chi connectivity index (χ3n) is 4.69. The van der Waals surface area contributed by atoms with Crippen LogP contribution >= 0.6 is 11.3 Å². The van der Waals surface area contributed by atoms with Gasteiger partial charge >= 0.3 is 0 Å². The van der Waals surface area contributed by atoms with E-state index in [0.29, 0.717) is 11.6 Å². The number of aromatic nitrogens is 1. The Hall–Kier alpha value is -2.09. The van der Waals surface area contributed by atoms with Gasteiger partial charge in [-0.3, -0.25) is 5.41 Å². The smallest absolute Gasteiger partial charge is 0.176 e. The molecule has 7 heteroatoms. The van der Waals surface area contributed by atoms with Crippen molar-refractivity contribution in [3.8, 4) is 22.5 Å². The molecule has 2 aromatic heterocycles. The molecule has 0 radical (unpaired) electrons. The van der Waals surface area contributed by atoms with Crippen molar-refractivity contribution in [1.29, 1.82) is 5.41 Å². The van der Waals surface area contributed by atoms with Crippen molar-refractivity contribution in [3.63, 3.8) is 0 Å². The monoisotopic (exact) mass is 385 g/mol. The summed E-state index contributed by atoms with van der Waals surface area (Å²) >= 11 is 0.559. The zero-order valence-corrected chi connectivity index (χ0v) is 16.1. The SMILES string of the molecule is CC1(C)C(=N)NC(c2cc(-c3cccc(-c4ccno4)c3)cs2)C[S+]1[O-]. The maximum atomic E-state index is 12.5. The van der Waals surface area contributed by atoms with Gasteiger partial charge in [-0.2, -0.15) is 0 Å². The molecule has 0 aliphatic carbocycles. The highest BCUT2D eigenvalue weighted by molar-refractivity contribution is 7.93. The van der Waals surface area contributed by atoms with E-state index in [1.165, 1.54) is 0 Å². The van der Waals surface area contributed by atoms with Crippen molar-refractivity contribution in [2.45, 2.75) is 24.6 Å². The Labute approximate surface area is 159 Å². The maximum Gasteiger partial charge on any atom is 0.176 e. The second-order valence-corrected chi connectivity index (χ2v) is 9.78. The normalized spacial score (nSPS) is 22.2. The molecular weight excluding hydrogens is 366 g/mol. The van der Waals surface area contributed by atoms with Gasteiger partial charge in [-0.25, -0.2) is 0 Å². The molecular formula is C19H19N3O2S2. The van der Waals surface area contributed by atoms with Crippen LogP contribution in [0.5, 0.6) is 0 Å². The lowest BCUT2D eigenvalue weighted by molar-refractivity contribution is 0.432. The first-order valence-electron chi connectivity index (χ1n) is 8.29. The molecule has 2 unspecified atom stereocenters. The van der Waals surface area contributed by atoms with E-state index in [4.69, 9.17) is 9.93 Å². The topological polar surface area (TPSA) is 85.0 Å². The first kappa shape index (κ1) is 17.3. The van der Waals surface area contributed by atoms with E-state index in [1.54, 1.807) is 17.5 Å². The largest absolute Gasteiger partial charge is 0.616 e. The van der Waals surface area contributed by atoms with Crippen molar-refractivity contribution in [2.75, 3.05) is 5.75 Å². The van der Waals surface area contributed by atoms with Crippen LogP contribution < -0.4 is 5.32 Å². The van der Waals surface area contributed by atoms with Crippen LogP contribution in [0.15, 0.2) is 52.5 Å².